The van der Waals surface area contributed by atoms with Gasteiger partial charge in [-0.25, -0.2) is 4.79 Å². The maximum atomic E-state index is 12.5. The van der Waals surface area contributed by atoms with Crippen LogP contribution in [0.4, 0.5) is 10.5 Å². The van der Waals surface area contributed by atoms with E-state index in [4.69, 9.17) is 4.74 Å². The fraction of sp³-hybridized carbons (Fsp3) is 0.611. The number of amides is 3. The van der Waals surface area contributed by atoms with Crippen molar-refractivity contribution in [1.29, 1.82) is 0 Å². The lowest BCUT2D eigenvalue weighted by molar-refractivity contribution is -0.144. The second-order valence-electron chi connectivity index (χ2n) is 7.06. The number of carbonyl (C=O) groups is 2. The highest BCUT2D eigenvalue weighted by Gasteiger charge is 2.26. The Hall–Kier alpha value is -2.35. The van der Waals surface area contributed by atoms with Gasteiger partial charge in [-0.3, -0.25) is 9.48 Å². The molecule has 2 N–H and O–H groups in total. The van der Waals surface area contributed by atoms with E-state index in [1.54, 1.807) is 22.0 Å². The number of hydrogen-bond acceptors (Lipinski definition) is 4. The molecule has 0 aromatic carbocycles. The molecule has 1 fully saturated rings. The van der Waals surface area contributed by atoms with E-state index in [1.807, 2.05) is 13.8 Å². The van der Waals surface area contributed by atoms with Crippen LogP contribution in [-0.4, -0.2) is 58.0 Å². The van der Waals surface area contributed by atoms with Crippen LogP contribution in [0.2, 0.25) is 0 Å². The third-order valence-corrected chi connectivity index (χ3v) is 4.56. The first-order valence-corrected chi connectivity index (χ1v) is 9.18. The Morgan fingerprint density at radius 2 is 2.04 bits per heavy atom. The predicted molar refractivity (Wildman–Crippen MR) is 97.7 cm³/mol. The van der Waals surface area contributed by atoms with Gasteiger partial charge in [0.2, 0.25) is 5.91 Å². The monoisotopic (exact) mass is 361 g/mol. The molecule has 8 heteroatoms. The second-order valence-corrected chi connectivity index (χ2v) is 7.06. The van der Waals surface area contributed by atoms with Gasteiger partial charge in [0.1, 0.15) is 6.54 Å². The van der Waals surface area contributed by atoms with E-state index in [0.717, 1.165) is 19.3 Å². The first kappa shape index (κ1) is 18.4. The number of rotatable bonds is 4. The SMILES string of the molecule is CC1CN(C(=O)Cn2cc(NC(=O)NC3CC=CCC3)cn2)CC(C)O1. The standard InChI is InChI=1S/C18H27N5O3/c1-13-9-22(10-14(2)26-13)17(24)12-23-11-16(8-19-23)21-18(25)20-15-6-4-3-5-7-15/h3-4,8,11,13-15H,5-7,9-10,12H2,1-2H3,(H2,20,21,25). The van der Waals surface area contributed by atoms with Gasteiger partial charge >= 0.3 is 6.03 Å². The number of aromatic nitrogens is 2. The number of allylic oxidation sites excluding steroid dienone is 1. The summed E-state index contributed by atoms with van der Waals surface area (Å²) in [6.45, 7) is 5.26. The van der Waals surface area contributed by atoms with E-state index in [2.05, 4.69) is 27.9 Å². The molecule has 0 bridgehead atoms. The topological polar surface area (TPSA) is 88.5 Å². The molecule has 3 atom stereocenters. The van der Waals surface area contributed by atoms with Crippen molar-refractivity contribution in [3.8, 4) is 0 Å². The summed E-state index contributed by atoms with van der Waals surface area (Å²) in [6, 6.07) is -0.0751. The maximum Gasteiger partial charge on any atom is 0.319 e. The molecule has 1 aliphatic carbocycles. The fourth-order valence-corrected chi connectivity index (χ4v) is 3.41. The van der Waals surface area contributed by atoms with Crippen LogP contribution in [-0.2, 0) is 16.1 Å². The van der Waals surface area contributed by atoms with E-state index in [-0.39, 0.29) is 36.7 Å². The minimum absolute atomic E-state index is 0.0000874. The van der Waals surface area contributed by atoms with Gasteiger partial charge in [0.25, 0.3) is 0 Å². The van der Waals surface area contributed by atoms with Crippen molar-refractivity contribution in [3.05, 3.63) is 24.5 Å². The number of urea groups is 1. The predicted octanol–water partition coefficient (Wildman–Crippen LogP) is 1.75. The average Bonchev–Trinajstić information content (AvgIpc) is 3.01. The number of hydrogen-bond donors (Lipinski definition) is 2. The van der Waals surface area contributed by atoms with Crippen molar-refractivity contribution in [3.63, 3.8) is 0 Å². The van der Waals surface area contributed by atoms with Crippen LogP contribution in [0.3, 0.4) is 0 Å². The van der Waals surface area contributed by atoms with Gasteiger partial charge < -0.3 is 20.3 Å². The lowest BCUT2D eigenvalue weighted by Gasteiger charge is -2.35. The Balaban J connectivity index is 1.48. The zero-order valence-corrected chi connectivity index (χ0v) is 15.4. The van der Waals surface area contributed by atoms with Crippen molar-refractivity contribution in [2.24, 2.45) is 0 Å². The molecule has 0 spiro atoms. The number of nitrogens with one attached hydrogen (secondary N) is 2. The Kier molecular flexibility index (Phi) is 5.92. The second kappa shape index (κ2) is 8.35. The van der Waals surface area contributed by atoms with Crippen molar-refractivity contribution in [1.82, 2.24) is 20.0 Å². The van der Waals surface area contributed by atoms with Crippen molar-refractivity contribution >= 4 is 17.6 Å². The van der Waals surface area contributed by atoms with Crippen LogP contribution in [0.1, 0.15) is 33.1 Å². The molecule has 3 amide bonds. The summed E-state index contributed by atoms with van der Waals surface area (Å²) in [5, 5.41) is 9.90. The molecule has 1 aliphatic heterocycles. The van der Waals surface area contributed by atoms with Crippen LogP contribution in [0.15, 0.2) is 24.5 Å². The molecule has 0 saturated carbocycles. The molecule has 8 nitrogen and oxygen atoms in total. The van der Waals surface area contributed by atoms with Gasteiger partial charge in [0.05, 0.1) is 24.1 Å². The van der Waals surface area contributed by atoms with E-state index in [9.17, 15) is 9.59 Å². The molecule has 1 aromatic rings. The quantitative estimate of drug-likeness (QED) is 0.800. The number of ether oxygens (including phenoxy) is 1. The number of nitrogens with zero attached hydrogens (tertiary/aromatic N) is 3. The Bertz CT molecular complexity index is 662. The largest absolute Gasteiger partial charge is 0.372 e. The summed E-state index contributed by atoms with van der Waals surface area (Å²) in [5.74, 6) is 0.0000874. The van der Waals surface area contributed by atoms with Crippen LogP contribution in [0, 0.1) is 0 Å². The molecule has 0 radical (unpaired) electrons. The highest BCUT2D eigenvalue weighted by atomic mass is 16.5. The van der Waals surface area contributed by atoms with Gasteiger partial charge in [-0.15, -0.1) is 0 Å². The van der Waals surface area contributed by atoms with Crippen molar-refractivity contribution < 1.29 is 14.3 Å². The summed E-state index contributed by atoms with van der Waals surface area (Å²) >= 11 is 0. The molecular weight excluding hydrogens is 334 g/mol. The Morgan fingerprint density at radius 1 is 1.27 bits per heavy atom. The van der Waals surface area contributed by atoms with Crippen LogP contribution in [0.5, 0.6) is 0 Å². The number of anilines is 1. The lowest BCUT2D eigenvalue weighted by atomic mass is 10.0. The van der Waals surface area contributed by atoms with Gasteiger partial charge in [-0.2, -0.15) is 5.10 Å². The molecule has 142 valence electrons. The summed E-state index contributed by atoms with van der Waals surface area (Å²) in [7, 11) is 0. The smallest absolute Gasteiger partial charge is 0.319 e. The molecule has 3 rings (SSSR count). The number of carbonyl (C=O) groups excluding carboxylic acids is 2. The lowest BCUT2D eigenvalue weighted by Crippen LogP contribution is -2.49. The molecule has 2 aliphatic rings. The maximum absolute atomic E-state index is 12.5. The number of morpholine rings is 1. The van der Waals surface area contributed by atoms with Gasteiger partial charge in [-0.05, 0) is 33.1 Å². The highest BCUT2D eigenvalue weighted by molar-refractivity contribution is 5.89. The van der Waals surface area contributed by atoms with Gasteiger partial charge in [0.15, 0.2) is 0 Å². The molecule has 1 saturated heterocycles. The van der Waals surface area contributed by atoms with Crippen LogP contribution < -0.4 is 10.6 Å². The summed E-state index contributed by atoms with van der Waals surface area (Å²) in [6.07, 6.45) is 10.3. The first-order valence-electron chi connectivity index (χ1n) is 9.18. The average molecular weight is 361 g/mol. The zero-order chi connectivity index (χ0) is 18.5. The molecule has 26 heavy (non-hydrogen) atoms. The summed E-state index contributed by atoms with van der Waals surface area (Å²) in [5.41, 5.74) is 0.574. The normalized spacial score (nSPS) is 25.8. The van der Waals surface area contributed by atoms with Gasteiger partial charge in [-0.1, -0.05) is 12.2 Å². The molecule has 1 aromatic heterocycles. The Morgan fingerprint density at radius 3 is 2.73 bits per heavy atom. The van der Waals surface area contributed by atoms with Crippen LogP contribution >= 0.6 is 0 Å². The summed E-state index contributed by atoms with van der Waals surface area (Å²) in [4.78, 5) is 26.3. The van der Waals surface area contributed by atoms with Gasteiger partial charge in [0, 0.05) is 25.3 Å². The van der Waals surface area contributed by atoms with Crippen LogP contribution in [0.25, 0.3) is 0 Å². The van der Waals surface area contributed by atoms with E-state index < -0.39 is 0 Å². The molecule has 3 unspecified atom stereocenters. The molecular formula is C18H27N5O3. The fourth-order valence-electron chi connectivity index (χ4n) is 3.41. The summed E-state index contributed by atoms with van der Waals surface area (Å²) < 4.78 is 7.20. The highest BCUT2D eigenvalue weighted by Crippen LogP contribution is 2.13. The minimum atomic E-state index is -0.244. The Labute approximate surface area is 153 Å². The van der Waals surface area contributed by atoms with E-state index >= 15 is 0 Å². The zero-order valence-electron chi connectivity index (χ0n) is 15.4. The van der Waals surface area contributed by atoms with Crippen molar-refractivity contribution in [2.45, 2.75) is 57.9 Å². The van der Waals surface area contributed by atoms with Crippen molar-refractivity contribution in [2.75, 3.05) is 18.4 Å². The van der Waals surface area contributed by atoms with E-state index in [1.165, 1.54) is 0 Å². The third kappa shape index (κ3) is 5.08. The minimum Gasteiger partial charge on any atom is -0.372 e. The van der Waals surface area contributed by atoms with E-state index in [0.29, 0.717) is 18.8 Å². The third-order valence-electron chi connectivity index (χ3n) is 4.56. The first-order chi connectivity index (χ1) is 12.5. The molecule has 2 heterocycles.